The minimum atomic E-state index is -3.83. The Morgan fingerprint density at radius 2 is 2.06 bits per heavy atom. The fourth-order valence-corrected chi connectivity index (χ4v) is 6.49. The molecule has 4 aliphatic rings. The van der Waals surface area contributed by atoms with Crippen molar-refractivity contribution in [2.75, 3.05) is 13.1 Å². The van der Waals surface area contributed by atoms with Gasteiger partial charge in [0.25, 0.3) is 0 Å². The summed E-state index contributed by atoms with van der Waals surface area (Å²) in [5.74, 6) is 0.183. The largest absolute Gasteiger partial charge is 0.330 e. The van der Waals surface area contributed by atoms with E-state index in [1.54, 1.807) is 21.9 Å². The van der Waals surface area contributed by atoms with Gasteiger partial charge in [0.15, 0.2) is 0 Å². The second kappa shape index (κ2) is 7.77. The Balaban J connectivity index is 1.25. The predicted molar refractivity (Wildman–Crippen MR) is 118 cm³/mol. The van der Waals surface area contributed by atoms with Crippen LogP contribution in [0, 0.1) is 17.2 Å². The molecule has 4 N–H and O–H groups in total. The number of sulfonamides is 1. The fraction of sp³-hybridized carbons (Fsp3) is 0.591. The third-order valence-corrected chi connectivity index (χ3v) is 8.57. The molecule has 1 aromatic carbocycles. The molecule has 0 aromatic heterocycles. The van der Waals surface area contributed by atoms with Crippen LogP contribution in [0.4, 0.5) is 0 Å². The molecule has 0 spiro atoms. The Morgan fingerprint density at radius 3 is 2.73 bits per heavy atom. The molecule has 176 valence electrons. The van der Waals surface area contributed by atoms with Crippen molar-refractivity contribution >= 4 is 21.8 Å². The van der Waals surface area contributed by atoms with Crippen LogP contribution in [0.1, 0.15) is 37.8 Å². The number of carbonyl (C=O) groups is 2. The number of likely N-dealkylation sites (tertiary alicyclic amines) is 3. The van der Waals surface area contributed by atoms with Gasteiger partial charge in [-0.1, -0.05) is 12.1 Å². The number of nitrogens with two attached hydrogens (primary N) is 2. The van der Waals surface area contributed by atoms with E-state index < -0.39 is 22.1 Å². The van der Waals surface area contributed by atoms with Crippen LogP contribution in [0.15, 0.2) is 29.2 Å². The average Bonchev–Trinajstić information content (AvgIpc) is 3.11. The van der Waals surface area contributed by atoms with Gasteiger partial charge in [0, 0.05) is 25.2 Å². The summed E-state index contributed by atoms with van der Waals surface area (Å²) in [6.07, 6.45) is 2.32. The van der Waals surface area contributed by atoms with Crippen LogP contribution in [-0.4, -0.2) is 78.2 Å². The van der Waals surface area contributed by atoms with E-state index in [9.17, 15) is 23.3 Å². The summed E-state index contributed by atoms with van der Waals surface area (Å²) in [6.45, 7) is 2.76. The lowest BCUT2D eigenvalue weighted by Crippen LogP contribution is -2.57. The lowest BCUT2D eigenvalue weighted by Gasteiger charge is -2.38. The van der Waals surface area contributed by atoms with Crippen molar-refractivity contribution < 1.29 is 18.0 Å². The molecule has 11 heteroatoms. The molecule has 10 nitrogen and oxygen atoms in total. The summed E-state index contributed by atoms with van der Waals surface area (Å²) in [5.41, 5.74) is 6.96. The highest BCUT2D eigenvalue weighted by atomic mass is 32.2. The summed E-state index contributed by atoms with van der Waals surface area (Å²) < 4.78 is 23.4. The van der Waals surface area contributed by atoms with Crippen LogP contribution in [0.3, 0.4) is 0 Å². The first-order valence-electron chi connectivity index (χ1n) is 11.3. The Morgan fingerprint density at radius 1 is 1.30 bits per heavy atom. The van der Waals surface area contributed by atoms with Gasteiger partial charge in [0.2, 0.25) is 21.8 Å². The summed E-state index contributed by atoms with van der Waals surface area (Å²) in [7, 11) is -3.83. The first-order valence-corrected chi connectivity index (χ1v) is 12.8. The van der Waals surface area contributed by atoms with Gasteiger partial charge in [0.1, 0.15) is 6.04 Å². The van der Waals surface area contributed by atoms with E-state index in [1.165, 1.54) is 12.1 Å². The fourth-order valence-electron chi connectivity index (χ4n) is 5.92. The van der Waals surface area contributed by atoms with Crippen molar-refractivity contribution in [2.45, 2.75) is 67.3 Å². The van der Waals surface area contributed by atoms with Crippen molar-refractivity contribution in [3.8, 4) is 6.07 Å². The Kier molecular flexibility index (Phi) is 5.25. The van der Waals surface area contributed by atoms with Crippen LogP contribution in [-0.2, 0) is 19.6 Å². The molecular weight excluding hydrogens is 444 g/mol. The Hall–Kier alpha value is -2.52. The standard InChI is InChI=1S/C22H28N6O4S/c1-12(13-3-2-4-17(6-13)33(25,31)32)27-16-8-20(22(27)30)26(10-16)11-18(24)21(29)28-15(9-23)5-14-7-19(14)28/h2-4,6,12,14-16,18-20H,5,7-8,10-11,24H2,1H3,(H2,25,31,32)/t12?,14?,15?,16-,18?,19?,20?/m0/s1. The first kappa shape index (κ1) is 22.3. The molecular formula is C22H28N6O4S. The second-order valence-electron chi connectivity index (χ2n) is 9.69. The maximum absolute atomic E-state index is 13.2. The zero-order chi connectivity index (χ0) is 23.7. The maximum atomic E-state index is 13.2. The summed E-state index contributed by atoms with van der Waals surface area (Å²) in [5, 5.41) is 14.6. The van der Waals surface area contributed by atoms with E-state index in [0.717, 1.165) is 12.8 Å². The van der Waals surface area contributed by atoms with Gasteiger partial charge >= 0.3 is 0 Å². The highest BCUT2D eigenvalue weighted by Crippen LogP contribution is 2.48. The zero-order valence-electron chi connectivity index (χ0n) is 18.4. The van der Waals surface area contributed by atoms with Crippen LogP contribution in [0.5, 0.6) is 0 Å². The van der Waals surface area contributed by atoms with Crippen LogP contribution < -0.4 is 10.9 Å². The zero-order valence-corrected chi connectivity index (χ0v) is 19.2. The number of primary sulfonamides is 1. The molecule has 5 rings (SSSR count). The number of hydrogen-bond acceptors (Lipinski definition) is 7. The monoisotopic (exact) mass is 472 g/mol. The van der Waals surface area contributed by atoms with E-state index in [0.29, 0.717) is 24.4 Å². The van der Waals surface area contributed by atoms with Crippen molar-refractivity contribution in [3.63, 3.8) is 0 Å². The van der Waals surface area contributed by atoms with Gasteiger partial charge in [0.05, 0.1) is 29.1 Å². The number of rotatable bonds is 6. The van der Waals surface area contributed by atoms with Crippen molar-refractivity contribution in [1.82, 2.24) is 14.7 Å². The van der Waals surface area contributed by atoms with Crippen LogP contribution in [0.2, 0.25) is 0 Å². The van der Waals surface area contributed by atoms with Gasteiger partial charge in [-0.3, -0.25) is 14.5 Å². The second-order valence-corrected chi connectivity index (χ2v) is 11.3. The summed E-state index contributed by atoms with van der Waals surface area (Å²) in [6, 6.07) is 6.86. The number of piperidine rings is 1. The molecule has 3 aliphatic heterocycles. The lowest BCUT2D eigenvalue weighted by atomic mass is 10.1. The first-order chi connectivity index (χ1) is 15.6. The highest BCUT2D eigenvalue weighted by molar-refractivity contribution is 7.89. The molecule has 7 atom stereocenters. The molecule has 1 aliphatic carbocycles. The van der Waals surface area contributed by atoms with E-state index in [4.69, 9.17) is 10.9 Å². The number of piperazine rings is 1. The molecule has 6 unspecified atom stereocenters. The average molecular weight is 473 g/mol. The number of benzene rings is 1. The molecule has 2 amide bonds. The topological polar surface area (TPSA) is 154 Å². The number of nitriles is 1. The van der Waals surface area contributed by atoms with Crippen molar-refractivity contribution in [2.24, 2.45) is 16.8 Å². The number of fused-ring (bicyclic) bond motifs is 3. The van der Waals surface area contributed by atoms with Crippen LogP contribution in [0.25, 0.3) is 0 Å². The molecule has 1 saturated carbocycles. The summed E-state index contributed by atoms with van der Waals surface area (Å²) in [4.78, 5) is 31.6. The number of amides is 2. The molecule has 2 bridgehead atoms. The number of nitrogens with zero attached hydrogens (tertiary/aromatic N) is 4. The van der Waals surface area contributed by atoms with Gasteiger partial charge in [-0.25, -0.2) is 13.6 Å². The van der Waals surface area contributed by atoms with E-state index in [1.807, 2.05) is 11.8 Å². The Labute approximate surface area is 193 Å². The third-order valence-electron chi connectivity index (χ3n) is 7.66. The quantitative estimate of drug-likeness (QED) is 0.567. The smallest absolute Gasteiger partial charge is 0.242 e. The number of carbonyl (C=O) groups excluding carboxylic acids is 2. The maximum Gasteiger partial charge on any atom is 0.242 e. The minimum absolute atomic E-state index is 0.0188. The van der Waals surface area contributed by atoms with Crippen molar-refractivity contribution in [3.05, 3.63) is 29.8 Å². The van der Waals surface area contributed by atoms with E-state index >= 15 is 0 Å². The van der Waals surface area contributed by atoms with Crippen LogP contribution >= 0.6 is 0 Å². The highest BCUT2D eigenvalue weighted by Gasteiger charge is 2.56. The molecule has 0 radical (unpaired) electrons. The predicted octanol–water partition coefficient (Wildman–Crippen LogP) is -0.480. The molecule has 3 saturated heterocycles. The SMILES string of the molecule is CC(c1cccc(S(N)(=O)=O)c1)N1C(=O)C2C[C@H]1CN2CC(N)C(=O)N1C(C#N)CC2CC21. The normalized spacial score (nSPS) is 32.5. The third kappa shape index (κ3) is 3.71. The van der Waals surface area contributed by atoms with E-state index in [-0.39, 0.29) is 47.4 Å². The number of hydrogen-bond donors (Lipinski definition) is 2. The lowest BCUT2D eigenvalue weighted by molar-refractivity contribution is -0.141. The molecule has 4 fully saturated rings. The van der Waals surface area contributed by atoms with Crippen molar-refractivity contribution in [1.29, 1.82) is 5.26 Å². The van der Waals surface area contributed by atoms with Gasteiger partial charge in [-0.15, -0.1) is 0 Å². The molecule has 33 heavy (non-hydrogen) atoms. The van der Waals surface area contributed by atoms with Gasteiger partial charge < -0.3 is 15.5 Å². The Bertz CT molecular complexity index is 1150. The van der Waals surface area contributed by atoms with E-state index in [2.05, 4.69) is 6.07 Å². The van der Waals surface area contributed by atoms with Gasteiger partial charge in [-0.05, 0) is 49.8 Å². The molecule has 3 heterocycles. The minimum Gasteiger partial charge on any atom is -0.330 e. The van der Waals surface area contributed by atoms with Gasteiger partial charge in [-0.2, -0.15) is 5.26 Å². The molecule has 1 aromatic rings. The summed E-state index contributed by atoms with van der Waals surface area (Å²) >= 11 is 0.